The van der Waals surface area contributed by atoms with Gasteiger partial charge in [0.2, 0.25) is 0 Å². The Morgan fingerprint density at radius 1 is 0.860 bits per heavy atom. The number of alkyl halides is 9. The monoisotopic (exact) mass is 669 g/mol. The summed E-state index contributed by atoms with van der Waals surface area (Å²) in [7, 11) is -4.62. The number of hydrogen-bond acceptors (Lipinski definition) is 5. The highest BCUT2D eigenvalue weighted by Crippen LogP contribution is 2.48. The molecule has 0 unspecified atom stereocenters. The summed E-state index contributed by atoms with van der Waals surface area (Å²) in [4.78, 5) is 14.2. The third-order valence-corrected chi connectivity index (χ3v) is 7.18. The molecule has 2 aromatic rings. The lowest BCUT2D eigenvalue weighted by Crippen LogP contribution is -2.44. The molecule has 3 rings (SSSR count). The van der Waals surface area contributed by atoms with Gasteiger partial charge in [0.15, 0.2) is 0 Å². The molecule has 0 spiro atoms. The second kappa shape index (κ2) is 11.7. The lowest BCUT2D eigenvalue weighted by Gasteiger charge is -2.36. The second-order valence-electron chi connectivity index (χ2n) is 10.8. The van der Waals surface area contributed by atoms with Gasteiger partial charge in [-0.1, -0.05) is 11.6 Å². The summed E-state index contributed by atoms with van der Waals surface area (Å²) in [6.45, 7) is 4.28. The molecule has 0 N–H and O–H groups in total. The topological polar surface area (TPSA) is 72.9 Å². The van der Waals surface area contributed by atoms with Gasteiger partial charge in [0.1, 0.15) is 11.7 Å². The summed E-state index contributed by atoms with van der Waals surface area (Å²) in [6, 6.07) is -0.443. The van der Waals surface area contributed by atoms with E-state index in [0.29, 0.717) is 18.4 Å². The molecular weight excluding hydrogens is 645 g/mol. The van der Waals surface area contributed by atoms with Gasteiger partial charge in [0.25, 0.3) is 10.1 Å². The summed E-state index contributed by atoms with van der Waals surface area (Å²) < 4.78 is 157. The average Bonchev–Trinajstić information content (AvgIpc) is 3.24. The van der Waals surface area contributed by atoms with Crippen LogP contribution in [0.15, 0.2) is 36.4 Å². The molecule has 2 aromatic carbocycles. The molecule has 1 saturated heterocycles. The van der Waals surface area contributed by atoms with E-state index in [9.17, 15) is 52.7 Å². The van der Waals surface area contributed by atoms with Gasteiger partial charge in [-0.25, -0.2) is 4.79 Å². The van der Waals surface area contributed by atoms with Gasteiger partial charge in [-0.2, -0.15) is 47.9 Å². The van der Waals surface area contributed by atoms with Crippen LogP contribution < -0.4 is 0 Å². The number of carbonyl (C=O) groups excluding carboxylic acids is 1. The quantitative estimate of drug-likeness (QED) is 0.236. The van der Waals surface area contributed by atoms with E-state index in [1.807, 2.05) is 0 Å². The van der Waals surface area contributed by atoms with Gasteiger partial charge in [-0.15, -0.1) is 0 Å². The molecule has 1 amide bonds. The molecule has 240 valence electrons. The smallest absolute Gasteiger partial charge is 0.416 e. The van der Waals surface area contributed by atoms with Crippen LogP contribution in [0.25, 0.3) is 0 Å². The van der Waals surface area contributed by atoms with Crippen molar-refractivity contribution in [3.05, 3.63) is 69.2 Å². The van der Waals surface area contributed by atoms with Gasteiger partial charge in [-0.3, -0.25) is 9.08 Å². The van der Waals surface area contributed by atoms with Crippen molar-refractivity contribution in [2.45, 2.75) is 75.9 Å². The van der Waals surface area contributed by atoms with E-state index in [1.165, 1.54) is 20.8 Å². The fourth-order valence-electron chi connectivity index (χ4n) is 4.67. The number of nitrogens with zero attached hydrogens (tertiary/aromatic N) is 1. The van der Waals surface area contributed by atoms with E-state index in [2.05, 4.69) is 0 Å². The van der Waals surface area contributed by atoms with Crippen molar-refractivity contribution in [1.82, 2.24) is 4.90 Å². The van der Waals surface area contributed by atoms with Gasteiger partial charge in [0, 0.05) is 5.02 Å². The maximum Gasteiger partial charge on any atom is 0.416 e. The van der Waals surface area contributed by atoms with E-state index in [4.69, 9.17) is 20.5 Å². The van der Waals surface area contributed by atoms with Gasteiger partial charge in [0.05, 0.1) is 35.0 Å². The largest absolute Gasteiger partial charge is 0.444 e. The Morgan fingerprint density at radius 3 is 1.81 bits per heavy atom. The van der Waals surface area contributed by atoms with E-state index in [1.54, 1.807) is 0 Å². The SMILES string of the molecule is CC(C)(C)OC(=O)N1[C@H](c2cc(C(F)(F)F)ccc2Cl)CC[C@H]1[C@@H](OS(C)(=O)=O)c1cc(C(F)(F)F)cc(C(F)(F)F)c1. The van der Waals surface area contributed by atoms with Crippen molar-refractivity contribution in [3.8, 4) is 0 Å². The first-order valence-electron chi connectivity index (χ1n) is 12.3. The second-order valence-corrected chi connectivity index (χ2v) is 12.9. The maximum atomic E-state index is 13.6. The highest BCUT2D eigenvalue weighted by atomic mass is 35.5. The van der Waals surface area contributed by atoms with Crippen LogP contribution >= 0.6 is 11.6 Å². The lowest BCUT2D eigenvalue weighted by atomic mass is 9.96. The van der Waals surface area contributed by atoms with Gasteiger partial charge < -0.3 is 4.74 Å². The molecule has 1 heterocycles. The Hall–Kier alpha value is -2.72. The summed E-state index contributed by atoms with van der Waals surface area (Å²) in [5.74, 6) is 0. The molecule has 1 aliphatic rings. The van der Waals surface area contributed by atoms with E-state index < -0.39 is 80.8 Å². The van der Waals surface area contributed by atoms with Crippen molar-refractivity contribution in [3.63, 3.8) is 0 Å². The zero-order chi connectivity index (χ0) is 32.9. The average molecular weight is 670 g/mol. The van der Waals surface area contributed by atoms with Gasteiger partial charge >= 0.3 is 24.6 Å². The predicted molar refractivity (Wildman–Crippen MR) is 135 cm³/mol. The predicted octanol–water partition coefficient (Wildman–Crippen LogP) is 8.55. The number of benzene rings is 2. The minimum Gasteiger partial charge on any atom is -0.444 e. The highest BCUT2D eigenvalue weighted by molar-refractivity contribution is 7.86. The molecule has 0 aromatic heterocycles. The molecule has 0 aliphatic carbocycles. The Bertz CT molecular complexity index is 1440. The normalized spacial score (nSPS) is 19.4. The first-order chi connectivity index (χ1) is 19.3. The lowest BCUT2D eigenvalue weighted by molar-refractivity contribution is -0.143. The Labute approximate surface area is 245 Å². The number of rotatable bonds is 5. The van der Waals surface area contributed by atoms with Crippen LogP contribution in [0, 0.1) is 0 Å². The molecule has 0 saturated carbocycles. The third-order valence-electron chi connectivity index (χ3n) is 6.28. The minimum atomic E-state index is -5.31. The zero-order valence-corrected chi connectivity index (χ0v) is 24.4. The van der Waals surface area contributed by atoms with E-state index >= 15 is 0 Å². The molecule has 0 bridgehead atoms. The summed E-state index contributed by atoms with van der Waals surface area (Å²) in [5.41, 5.74) is -7.11. The first kappa shape index (κ1) is 34.8. The summed E-state index contributed by atoms with van der Waals surface area (Å²) in [5, 5.41) is -0.244. The van der Waals surface area contributed by atoms with E-state index in [-0.39, 0.29) is 41.6 Å². The number of carbonyl (C=O) groups is 1. The third kappa shape index (κ3) is 8.69. The molecule has 0 radical (unpaired) electrons. The molecule has 17 heteroatoms. The Morgan fingerprint density at radius 2 is 1.37 bits per heavy atom. The standard InChI is InChI=1S/C26H25ClF9NO5S/c1-23(2,3)41-22(38)37-19(17-12-14(24(28,29)30)5-6-18(17)27)7-8-20(37)21(42-43(4,39)40)13-9-15(25(31,32)33)11-16(10-13)26(34,35)36/h5-6,9-12,19-21H,7-8H2,1-4H3/t19-,20-,21-/m0/s1. The molecule has 43 heavy (non-hydrogen) atoms. The van der Waals surface area contributed by atoms with Crippen molar-refractivity contribution < 1.29 is 61.6 Å². The minimum absolute atomic E-state index is 0.174. The van der Waals surface area contributed by atoms with Crippen molar-refractivity contribution in [2.75, 3.05) is 6.26 Å². The number of amides is 1. The molecule has 1 aliphatic heterocycles. The number of likely N-dealkylation sites (tertiary alicyclic amines) is 1. The van der Waals surface area contributed by atoms with Crippen molar-refractivity contribution in [2.24, 2.45) is 0 Å². The molecule has 1 fully saturated rings. The van der Waals surface area contributed by atoms with Gasteiger partial charge in [-0.05, 0) is 81.1 Å². The maximum absolute atomic E-state index is 13.6. The zero-order valence-electron chi connectivity index (χ0n) is 22.8. The summed E-state index contributed by atoms with van der Waals surface area (Å²) >= 11 is 6.20. The Balaban J connectivity index is 2.29. The molecule has 3 atom stereocenters. The fraction of sp³-hybridized carbons (Fsp3) is 0.500. The molecular formula is C26H25ClF9NO5S. The van der Waals surface area contributed by atoms with Crippen LogP contribution in [0.1, 0.15) is 73.6 Å². The molecule has 6 nitrogen and oxygen atoms in total. The fourth-order valence-corrected chi connectivity index (χ4v) is 5.53. The van der Waals surface area contributed by atoms with Crippen LogP contribution in [-0.4, -0.2) is 37.3 Å². The van der Waals surface area contributed by atoms with Crippen LogP contribution in [0.2, 0.25) is 5.02 Å². The van der Waals surface area contributed by atoms with Crippen LogP contribution in [-0.2, 0) is 37.6 Å². The van der Waals surface area contributed by atoms with E-state index in [0.717, 1.165) is 11.0 Å². The summed E-state index contributed by atoms with van der Waals surface area (Å²) in [6.07, 6.45) is -19.0. The number of halogens is 10. The first-order valence-corrected chi connectivity index (χ1v) is 14.5. The van der Waals surface area contributed by atoms with Crippen LogP contribution in [0.4, 0.5) is 44.3 Å². The van der Waals surface area contributed by atoms with Crippen LogP contribution in [0.3, 0.4) is 0 Å². The highest BCUT2D eigenvalue weighted by Gasteiger charge is 2.48. The van der Waals surface area contributed by atoms with Crippen molar-refractivity contribution >= 4 is 27.8 Å². The Kier molecular flexibility index (Phi) is 9.42. The number of ether oxygens (including phenoxy) is 1. The van der Waals surface area contributed by atoms with Crippen LogP contribution in [0.5, 0.6) is 0 Å². The van der Waals surface area contributed by atoms with Crippen molar-refractivity contribution in [1.29, 1.82) is 0 Å². The number of hydrogen-bond donors (Lipinski definition) is 0.